The zero-order chi connectivity index (χ0) is 17.1. The highest BCUT2D eigenvalue weighted by molar-refractivity contribution is 5.96. The Bertz CT molecular complexity index is 735. The molecule has 2 aromatic heterocycles. The van der Waals surface area contributed by atoms with Crippen molar-refractivity contribution in [2.75, 3.05) is 14.2 Å². The van der Waals surface area contributed by atoms with Gasteiger partial charge in [-0.1, -0.05) is 0 Å². The number of hydrogen-bond donors (Lipinski definition) is 1. The Morgan fingerprint density at radius 2 is 2.26 bits per heavy atom. The molecule has 0 bridgehead atoms. The molecule has 0 spiro atoms. The van der Waals surface area contributed by atoms with Gasteiger partial charge in [-0.25, -0.2) is 0 Å². The summed E-state index contributed by atoms with van der Waals surface area (Å²) in [6, 6.07) is 0. The molecule has 0 saturated carbocycles. The van der Waals surface area contributed by atoms with E-state index in [1.165, 1.54) is 12.0 Å². The first kappa shape index (κ1) is 16.5. The van der Waals surface area contributed by atoms with Crippen LogP contribution in [0, 0.1) is 17.0 Å². The van der Waals surface area contributed by atoms with E-state index < -0.39 is 16.5 Å². The average Bonchev–Trinajstić information content (AvgIpc) is 3.10. The van der Waals surface area contributed by atoms with Gasteiger partial charge >= 0.3 is 11.6 Å². The van der Waals surface area contributed by atoms with Gasteiger partial charge in [0.1, 0.15) is 0 Å². The maximum absolute atomic E-state index is 12.5. The molecule has 10 heteroatoms. The summed E-state index contributed by atoms with van der Waals surface area (Å²) in [5, 5.41) is 21.5. The number of H-pyrrole nitrogens is 1. The highest BCUT2D eigenvalue weighted by Gasteiger charge is 2.31. The van der Waals surface area contributed by atoms with E-state index in [2.05, 4.69) is 15.3 Å². The van der Waals surface area contributed by atoms with E-state index in [1.54, 1.807) is 11.7 Å². The minimum Gasteiger partial charge on any atom is -0.475 e. The Kier molecular flexibility index (Phi) is 4.63. The SMILES string of the molecule is CCn1cc(CN(C)C(=O)c2[nH]nc(OC)c2[N+](=O)[O-])c(C)n1. The molecular weight excluding hydrogens is 304 g/mol. The third-order valence-corrected chi connectivity index (χ3v) is 3.42. The molecule has 10 nitrogen and oxygen atoms in total. The topological polar surface area (TPSA) is 119 Å². The van der Waals surface area contributed by atoms with Gasteiger partial charge in [0.05, 0.1) is 17.7 Å². The number of methoxy groups -OCH3 is 1. The smallest absolute Gasteiger partial charge is 0.362 e. The lowest BCUT2D eigenvalue weighted by atomic mass is 10.2. The quantitative estimate of drug-likeness (QED) is 0.629. The van der Waals surface area contributed by atoms with Crippen LogP contribution in [0.3, 0.4) is 0 Å². The van der Waals surface area contributed by atoms with Crippen molar-refractivity contribution in [1.82, 2.24) is 24.9 Å². The molecule has 23 heavy (non-hydrogen) atoms. The Balaban J connectivity index is 2.24. The van der Waals surface area contributed by atoms with Crippen LogP contribution in [0.1, 0.15) is 28.7 Å². The van der Waals surface area contributed by atoms with E-state index in [0.717, 1.165) is 17.8 Å². The van der Waals surface area contributed by atoms with Gasteiger partial charge in [-0.05, 0) is 13.8 Å². The highest BCUT2D eigenvalue weighted by atomic mass is 16.6. The van der Waals surface area contributed by atoms with Crippen molar-refractivity contribution in [3.63, 3.8) is 0 Å². The molecule has 0 aliphatic carbocycles. The van der Waals surface area contributed by atoms with Crippen LogP contribution in [0.25, 0.3) is 0 Å². The molecule has 0 fully saturated rings. The minimum absolute atomic E-state index is 0.213. The van der Waals surface area contributed by atoms with Crippen molar-refractivity contribution < 1.29 is 14.5 Å². The summed E-state index contributed by atoms with van der Waals surface area (Å²) in [6.07, 6.45) is 1.85. The van der Waals surface area contributed by atoms with Crippen molar-refractivity contribution in [1.29, 1.82) is 0 Å². The van der Waals surface area contributed by atoms with E-state index >= 15 is 0 Å². The number of hydrogen-bond acceptors (Lipinski definition) is 6. The summed E-state index contributed by atoms with van der Waals surface area (Å²) in [5.41, 5.74) is 1.00. The molecule has 0 atom stereocenters. The van der Waals surface area contributed by atoms with Crippen molar-refractivity contribution in [2.45, 2.75) is 26.9 Å². The number of aromatic amines is 1. The second kappa shape index (κ2) is 6.46. The lowest BCUT2D eigenvalue weighted by molar-refractivity contribution is -0.386. The number of rotatable bonds is 6. The molecule has 2 aromatic rings. The highest BCUT2D eigenvalue weighted by Crippen LogP contribution is 2.28. The molecule has 0 radical (unpaired) electrons. The summed E-state index contributed by atoms with van der Waals surface area (Å²) in [5.74, 6) is -0.766. The van der Waals surface area contributed by atoms with E-state index in [4.69, 9.17) is 4.74 Å². The fraction of sp³-hybridized carbons (Fsp3) is 0.462. The molecule has 0 aliphatic heterocycles. The fourth-order valence-corrected chi connectivity index (χ4v) is 2.17. The second-order valence-corrected chi connectivity index (χ2v) is 4.97. The summed E-state index contributed by atoms with van der Waals surface area (Å²) in [7, 11) is 2.81. The number of aryl methyl sites for hydroxylation is 2. The molecule has 1 N–H and O–H groups in total. The fourth-order valence-electron chi connectivity index (χ4n) is 2.17. The van der Waals surface area contributed by atoms with Crippen LogP contribution in [-0.2, 0) is 13.1 Å². The molecule has 0 saturated heterocycles. The van der Waals surface area contributed by atoms with E-state index in [1.807, 2.05) is 20.0 Å². The van der Waals surface area contributed by atoms with Gasteiger partial charge in [-0.2, -0.15) is 5.10 Å². The minimum atomic E-state index is -0.691. The number of nitrogens with zero attached hydrogens (tertiary/aromatic N) is 5. The Hall–Kier alpha value is -2.91. The molecular formula is C13H18N6O4. The van der Waals surface area contributed by atoms with Crippen LogP contribution in [0.5, 0.6) is 5.88 Å². The second-order valence-electron chi connectivity index (χ2n) is 4.97. The van der Waals surface area contributed by atoms with Gasteiger partial charge in [-0.15, -0.1) is 5.10 Å². The van der Waals surface area contributed by atoms with Crippen molar-refractivity contribution in [2.24, 2.45) is 0 Å². The maximum Gasteiger partial charge on any atom is 0.362 e. The summed E-state index contributed by atoms with van der Waals surface area (Å²) < 4.78 is 6.57. The Morgan fingerprint density at radius 1 is 1.57 bits per heavy atom. The standard InChI is InChI=1S/C13H18N6O4/c1-5-18-7-9(8(2)16-18)6-17(3)13(20)10-11(19(21)22)12(23-4)15-14-10/h7H,5-6H2,1-4H3,(H,14,15). The molecule has 0 aliphatic rings. The monoisotopic (exact) mass is 322 g/mol. The third kappa shape index (κ3) is 3.15. The zero-order valence-electron chi connectivity index (χ0n) is 13.4. The molecule has 0 unspecified atom stereocenters. The van der Waals surface area contributed by atoms with Crippen LogP contribution in [0.15, 0.2) is 6.20 Å². The molecule has 1 amide bonds. The number of nitro groups is 1. The third-order valence-electron chi connectivity index (χ3n) is 3.42. The van der Waals surface area contributed by atoms with Gasteiger partial charge in [0.15, 0.2) is 0 Å². The van der Waals surface area contributed by atoms with Gasteiger partial charge in [0, 0.05) is 31.9 Å². The first-order chi connectivity index (χ1) is 10.9. The first-order valence-corrected chi connectivity index (χ1v) is 6.94. The van der Waals surface area contributed by atoms with E-state index in [0.29, 0.717) is 0 Å². The van der Waals surface area contributed by atoms with Gasteiger partial charge in [0.2, 0.25) is 5.69 Å². The van der Waals surface area contributed by atoms with Gasteiger partial charge in [0.25, 0.3) is 5.91 Å². The van der Waals surface area contributed by atoms with Crippen LogP contribution in [0.2, 0.25) is 0 Å². The van der Waals surface area contributed by atoms with Crippen molar-refractivity contribution >= 4 is 11.6 Å². The number of aromatic nitrogens is 4. The Morgan fingerprint density at radius 3 is 2.78 bits per heavy atom. The summed E-state index contributed by atoms with van der Waals surface area (Å²) >= 11 is 0. The van der Waals surface area contributed by atoms with Crippen molar-refractivity contribution in [3.8, 4) is 5.88 Å². The molecule has 2 rings (SSSR count). The largest absolute Gasteiger partial charge is 0.475 e. The number of carbonyl (C=O) groups excluding carboxylic acids is 1. The van der Waals surface area contributed by atoms with Gasteiger partial charge < -0.3 is 9.64 Å². The summed E-state index contributed by atoms with van der Waals surface area (Å²) in [4.78, 5) is 24.3. The molecule has 2 heterocycles. The van der Waals surface area contributed by atoms with E-state index in [9.17, 15) is 14.9 Å². The maximum atomic E-state index is 12.5. The molecule has 0 aromatic carbocycles. The number of amides is 1. The number of nitrogens with one attached hydrogen (secondary N) is 1. The normalized spacial score (nSPS) is 10.6. The summed E-state index contributed by atoms with van der Waals surface area (Å²) in [6.45, 7) is 4.82. The predicted octanol–water partition coefficient (Wildman–Crippen LogP) is 1.12. The first-order valence-electron chi connectivity index (χ1n) is 6.94. The lowest BCUT2D eigenvalue weighted by Crippen LogP contribution is -2.27. The predicted molar refractivity (Wildman–Crippen MR) is 80.2 cm³/mol. The van der Waals surface area contributed by atoms with Crippen LogP contribution in [0.4, 0.5) is 5.69 Å². The van der Waals surface area contributed by atoms with Crippen LogP contribution < -0.4 is 4.74 Å². The van der Waals surface area contributed by atoms with Crippen molar-refractivity contribution in [3.05, 3.63) is 33.3 Å². The van der Waals surface area contributed by atoms with Gasteiger partial charge in [-0.3, -0.25) is 24.7 Å². The number of carbonyl (C=O) groups is 1. The van der Waals surface area contributed by atoms with E-state index in [-0.39, 0.29) is 18.1 Å². The average molecular weight is 322 g/mol. The molecule has 124 valence electrons. The van der Waals surface area contributed by atoms with Crippen LogP contribution >= 0.6 is 0 Å². The zero-order valence-corrected chi connectivity index (χ0v) is 13.4. The van der Waals surface area contributed by atoms with Crippen LogP contribution in [-0.4, -0.2) is 49.9 Å². The lowest BCUT2D eigenvalue weighted by Gasteiger charge is -2.15. The Labute approximate surface area is 132 Å². The number of ether oxygens (including phenoxy) is 1.